The summed E-state index contributed by atoms with van der Waals surface area (Å²) in [6, 6.07) is 2.42. The van der Waals surface area contributed by atoms with Gasteiger partial charge in [-0.15, -0.1) is 6.42 Å². The molecule has 1 saturated carbocycles. The van der Waals surface area contributed by atoms with Crippen LogP contribution in [-0.4, -0.2) is 12.6 Å². The number of terminal acetylenes is 1. The van der Waals surface area contributed by atoms with E-state index in [9.17, 15) is 0 Å². The van der Waals surface area contributed by atoms with Crippen LogP contribution in [0.1, 0.15) is 32.6 Å². The van der Waals surface area contributed by atoms with Gasteiger partial charge in [-0.1, -0.05) is 12.8 Å². The molecule has 0 aromatic heterocycles. The van der Waals surface area contributed by atoms with E-state index in [1.807, 2.05) is 0 Å². The molecular weight excluding hydrogens is 160 g/mol. The minimum atomic E-state index is 0.177. The Morgan fingerprint density at radius 2 is 2.31 bits per heavy atom. The largest absolute Gasteiger partial charge is 0.303 e. The summed E-state index contributed by atoms with van der Waals surface area (Å²) >= 11 is 0. The predicted octanol–water partition coefficient (Wildman–Crippen LogP) is 1.68. The molecule has 1 N–H and O–H groups in total. The maximum atomic E-state index is 8.60. The van der Waals surface area contributed by atoms with Crippen molar-refractivity contribution in [2.45, 2.75) is 38.6 Å². The van der Waals surface area contributed by atoms with Gasteiger partial charge in [-0.3, -0.25) is 0 Å². The Labute approximate surface area is 80.3 Å². The fraction of sp³-hybridized carbons (Fsp3) is 0.727. The van der Waals surface area contributed by atoms with Gasteiger partial charge in [-0.2, -0.15) is 5.26 Å². The van der Waals surface area contributed by atoms with Gasteiger partial charge >= 0.3 is 0 Å². The summed E-state index contributed by atoms with van der Waals surface area (Å²) in [7, 11) is 0. The zero-order chi connectivity index (χ0) is 9.73. The predicted molar refractivity (Wildman–Crippen MR) is 52.8 cm³/mol. The van der Waals surface area contributed by atoms with E-state index in [-0.39, 0.29) is 11.5 Å². The van der Waals surface area contributed by atoms with E-state index in [4.69, 9.17) is 11.7 Å². The van der Waals surface area contributed by atoms with Gasteiger partial charge in [0.2, 0.25) is 0 Å². The molecule has 0 aromatic carbocycles. The summed E-state index contributed by atoms with van der Waals surface area (Å²) < 4.78 is 0. The Morgan fingerprint density at radius 3 is 2.69 bits per heavy atom. The van der Waals surface area contributed by atoms with Gasteiger partial charge in [0.25, 0.3) is 0 Å². The highest BCUT2D eigenvalue weighted by atomic mass is 14.9. The summed E-state index contributed by atoms with van der Waals surface area (Å²) in [4.78, 5) is 0. The SMILES string of the molecule is C#CC(CC)NCC1(CC#N)CC1. The molecule has 13 heavy (non-hydrogen) atoms. The summed E-state index contributed by atoms with van der Waals surface area (Å²) in [5, 5.41) is 11.9. The Kier molecular flexibility index (Phi) is 3.34. The molecule has 0 radical (unpaired) electrons. The second kappa shape index (κ2) is 4.30. The molecule has 0 aromatic rings. The van der Waals surface area contributed by atoms with Crippen LogP contribution in [0.2, 0.25) is 0 Å². The maximum absolute atomic E-state index is 8.60. The lowest BCUT2D eigenvalue weighted by atomic mass is 10.0. The van der Waals surface area contributed by atoms with Crippen molar-refractivity contribution in [2.75, 3.05) is 6.54 Å². The van der Waals surface area contributed by atoms with Crippen molar-refractivity contribution in [1.29, 1.82) is 5.26 Å². The van der Waals surface area contributed by atoms with E-state index >= 15 is 0 Å². The van der Waals surface area contributed by atoms with Crippen molar-refractivity contribution < 1.29 is 0 Å². The first kappa shape index (κ1) is 10.1. The average molecular weight is 176 g/mol. The molecule has 0 bridgehead atoms. The van der Waals surface area contributed by atoms with Crippen molar-refractivity contribution in [3.63, 3.8) is 0 Å². The molecule has 1 fully saturated rings. The first-order valence-corrected chi connectivity index (χ1v) is 4.83. The van der Waals surface area contributed by atoms with Gasteiger partial charge in [0.15, 0.2) is 0 Å². The smallest absolute Gasteiger partial charge is 0.0684 e. The van der Waals surface area contributed by atoms with Crippen LogP contribution >= 0.6 is 0 Å². The van der Waals surface area contributed by atoms with Crippen LogP contribution in [0.5, 0.6) is 0 Å². The molecule has 1 aliphatic carbocycles. The van der Waals surface area contributed by atoms with E-state index in [0.29, 0.717) is 6.42 Å². The van der Waals surface area contributed by atoms with Crippen molar-refractivity contribution in [1.82, 2.24) is 5.32 Å². The van der Waals surface area contributed by atoms with E-state index < -0.39 is 0 Å². The highest BCUT2D eigenvalue weighted by Gasteiger charge is 2.42. The minimum absolute atomic E-state index is 0.177. The van der Waals surface area contributed by atoms with E-state index in [0.717, 1.165) is 13.0 Å². The molecule has 0 aliphatic heterocycles. The molecule has 2 heteroatoms. The van der Waals surface area contributed by atoms with E-state index in [1.54, 1.807) is 0 Å². The molecule has 2 nitrogen and oxygen atoms in total. The first-order valence-electron chi connectivity index (χ1n) is 4.83. The number of nitrogens with zero attached hydrogens (tertiary/aromatic N) is 1. The molecule has 0 saturated heterocycles. The second-order valence-electron chi connectivity index (χ2n) is 3.84. The van der Waals surface area contributed by atoms with Crippen LogP contribution in [0.15, 0.2) is 0 Å². The zero-order valence-electron chi connectivity index (χ0n) is 8.14. The first-order chi connectivity index (χ1) is 6.26. The quantitative estimate of drug-likeness (QED) is 0.647. The van der Waals surface area contributed by atoms with Crippen LogP contribution in [0.4, 0.5) is 0 Å². The Morgan fingerprint density at radius 1 is 1.62 bits per heavy atom. The third kappa shape index (κ3) is 2.76. The second-order valence-corrected chi connectivity index (χ2v) is 3.84. The lowest BCUT2D eigenvalue weighted by Gasteiger charge is -2.15. The fourth-order valence-electron chi connectivity index (χ4n) is 1.42. The molecule has 70 valence electrons. The third-order valence-electron chi connectivity index (χ3n) is 2.74. The Balaban J connectivity index is 2.27. The molecule has 1 rings (SSSR count). The Hall–Kier alpha value is -0.990. The van der Waals surface area contributed by atoms with Crippen LogP contribution in [0, 0.1) is 29.1 Å². The molecular formula is C11H16N2. The van der Waals surface area contributed by atoms with Crippen molar-refractivity contribution >= 4 is 0 Å². The highest BCUT2D eigenvalue weighted by molar-refractivity contribution is 5.04. The standard InChI is InChI=1S/C11H16N2/c1-3-10(4-2)13-9-11(5-6-11)7-8-12/h1,10,13H,4-7,9H2,2H3. The molecule has 1 atom stereocenters. The maximum Gasteiger partial charge on any atom is 0.0684 e. The third-order valence-corrected chi connectivity index (χ3v) is 2.74. The molecule has 1 aliphatic rings. The Bertz CT molecular complexity index is 240. The summed E-state index contributed by atoms with van der Waals surface area (Å²) in [5.74, 6) is 2.70. The summed E-state index contributed by atoms with van der Waals surface area (Å²) in [6.45, 7) is 2.98. The number of nitriles is 1. The van der Waals surface area contributed by atoms with Crippen LogP contribution in [0.3, 0.4) is 0 Å². The monoisotopic (exact) mass is 176 g/mol. The van der Waals surface area contributed by atoms with Gasteiger partial charge in [-0.25, -0.2) is 0 Å². The summed E-state index contributed by atoms with van der Waals surface area (Å²) in [5.41, 5.74) is 0.263. The van der Waals surface area contributed by atoms with Gasteiger partial charge in [0.1, 0.15) is 0 Å². The number of rotatable bonds is 5. The van der Waals surface area contributed by atoms with E-state index in [2.05, 4.69) is 24.2 Å². The fourth-order valence-corrected chi connectivity index (χ4v) is 1.42. The molecule has 0 spiro atoms. The highest BCUT2D eigenvalue weighted by Crippen LogP contribution is 2.47. The number of hydrogen-bond donors (Lipinski definition) is 1. The average Bonchev–Trinajstić information content (AvgIpc) is 2.88. The number of nitrogens with one attached hydrogen (secondary N) is 1. The van der Waals surface area contributed by atoms with E-state index in [1.165, 1.54) is 12.8 Å². The molecule has 1 unspecified atom stereocenters. The van der Waals surface area contributed by atoms with Crippen molar-refractivity contribution in [3.8, 4) is 18.4 Å². The lowest BCUT2D eigenvalue weighted by molar-refractivity contribution is 0.443. The van der Waals surface area contributed by atoms with Crippen molar-refractivity contribution in [2.24, 2.45) is 5.41 Å². The van der Waals surface area contributed by atoms with Gasteiger partial charge in [0, 0.05) is 13.0 Å². The van der Waals surface area contributed by atoms with Gasteiger partial charge in [-0.05, 0) is 24.7 Å². The lowest BCUT2D eigenvalue weighted by Crippen LogP contribution is -2.32. The van der Waals surface area contributed by atoms with Crippen LogP contribution in [-0.2, 0) is 0 Å². The van der Waals surface area contributed by atoms with Crippen LogP contribution in [0.25, 0.3) is 0 Å². The van der Waals surface area contributed by atoms with Gasteiger partial charge < -0.3 is 5.32 Å². The molecule has 0 heterocycles. The van der Waals surface area contributed by atoms with Gasteiger partial charge in [0.05, 0.1) is 12.1 Å². The van der Waals surface area contributed by atoms with Crippen LogP contribution < -0.4 is 5.32 Å². The number of hydrogen-bond acceptors (Lipinski definition) is 2. The minimum Gasteiger partial charge on any atom is -0.303 e. The zero-order valence-corrected chi connectivity index (χ0v) is 8.14. The summed E-state index contributed by atoms with van der Waals surface area (Å²) in [6.07, 6.45) is 9.30. The topological polar surface area (TPSA) is 35.8 Å². The normalized spacial score (nSPS) is 19.9. The van der Waals surface area contributed by atoms with Crippen molar-refractivity contribution in [3.05, 3.63) is 0 Å². The molecule has 0 amide bonds.